The molecule has 3 rings (SSSR count). The third kappa shape index (κ3) is 4.60. The quantitative estimate of drug-likeness (QED) is 0.685. The molecule has 2 N–H and O–H groups in total. The summed E-state index contributed by atoms with van der Waals surface area (Å²) in [5.74, 6) is 1.38. The van der Waals surface area contributed by atoms with Crippen molar-refractivity contribution in [2.24, 2.45) is 10.7 Å². The minimum atomic E-state index is 0.315. The number of hydrogen-bond acceptors (Lipinski definition) is 3. The Labute approximate surface area is 138 Å². The van der Waals surface area contributed by atoms with Crippen LogP contribution in [0.15, 0.2) is 23.3 Å². The van der Waals surface area contributed by atoms with Gasteiger partial charge in [-0.1, -0.05) is 18.9 Å². The molecule has 2 fully saturated rings. The van der Waals surface area contributed by atoms with Crippen molar-refractivity contribution < 1.29 is 4.74 Å². The molecule has 1 aliphatic carbocycles. The van der Waals surface area contributed by atoms with E-state index in [4.69, 9.17) is 10.5 Å². The number of pyridine rings is 1. The predicted octanol–water partition coefficient (Wildman–Crippen LogP) is 3.09. The number of likely N-dealkylation sites (tertiary alicyclic amines) is 1. The van der Waals surface area contributed by atoms with E-state index in [1.807, 2.05) is 12.1 Å². The van der Waals surface area contributed by atoms with E-state index in [1.165, 1.54) is 38.5 Å². The maximum atomic E-state index is 6.19. The Balaban J connectivity index is 1.63. The smallest absolute Gasteiger partial charge is 0.218 e. The number of guanidine groups is 1. The fraction of sp³-hybridized carbons (Fsp3) is 0.667. The molecule has 2 aliphatic rings. The molecule has 1 aromatic rings. The molecule has 0 amide bonds. The molecule has 1 saturated heterocycles. The van der Waals surface area contributed by atoms with Gasteiger partial charge in [0.05, 0.1) is 6.54 Å². The SMILES string of the molecule is NC(=NCc1cccnc1OC1CCCC1)N1CCCCCC1. The van der Waals surface area contributed by atoms with Crippen LogP contribution < -0.4 is 10.5 Å². The Morgan fingerprint density at radius 1 is 1.17 bits per heavy atom. The monoisotopic (exact) mass is 316 g/mol. The summed E-state index contributed by atoms with van der Waals surface area (Å²) in [6.07, 6.45) is 11.9. The molecule has 1 aromatic heterocycles. The summed E-state index contributed by atoms with van der Waals surface area (Å²) < 4.78 is 6.07. The Kier molecular flexibility index (Phi) is 5.72. The van der Waals surface area contributed by atoms with Gasteiger partial charge in [-0.05, 0) is 44.6 Å². The van der Waals surface area contributed by atoms with Crippen LogP contribution in [0.4, 0.5) is 0 Å². The molecule has 1 aliphatic heterocycles. The lowest BCUT2D eigenvalue weighted by molar-refractivity contribution is 0.199. The van der Waals surface area contributed by atoms with Crippen molar-refractivity contribution in [2.75, 3.05) is 13.1 Å². The minimum absolute atomic E-state index is 0.315. The van der Waals surface area contributed by atoms with Gasteiger partial charge in [0.2, 0.25) is 5.88 Å². The van der Waals surface area contributed by atoms with Gasteiger partial charge in [0.25, 0.3) is 0 Å². The lowest BCUT2D eigenvalue weighted by Gasteiger charge is -2.21. The van der Waals surface area contributed by atoms with Gasteiger partial charge < -0.3 is 15.4 Å². The second-order valence-electron chi connectivity index (χ2n) is 6.57. The molecule has 5 nitrogen and oxygen atoms in total. The van der Waals surface area contributed by atoms with Crippen LogP contribution >= 0.6 is 0 Å². The Bertz CT molecular complexity index is 518. The van der Waals surface area contributed by atoms with E-state index < -0.39 is 0 Å². The number of ether oxygens (including phenoxy) is 1. The Hall–Kier alpha value is -1.78. The summed E-state index contributed by atoms with van der Waals surface area (Å²) in [6, 6.07) is 3.98. The van der Waals surface area contributed by atoms with Crippen LogP contribution in [-0.4, -0.2) is 35.0 Å². The first-order chi connectivity index (χ1) is 11.3. The van der Waals surface area contributed by atoms with Crippen molar-refractivity contribution in [3.8, 4) is 5.88 Å². The summed E-state index contributed by atoms with van der Waals surface area (Å²) in [7, 11) is 0. The van der Waals surface area contributed by atoms with Gasteiger partial charge in [0.15, 0.2) is 5.96 Å². The number of rotatable bonds is 4. The summed E-state index contributed by atoms with van der Waals surface area (Å²) >= 11 is 0. The summed E-state index contributed by atoms with van der Waals surface area (Å²) in [4.78, 5) is 11.2. The first-order valence-electron chi connectivity index (χ1n) is 8.98. The van der Waals surface area contributed by atoms with E-state index in [0.717, 1.165) is 37.4 Å². The number of aromatic nitrogens is 1. The number of nitrogens with zero attached hydrogens (tertiary/aromatic N) is 3. The zero-order valence-corrected chi connectivity index (χ0v) is 13.9. The van der Waals surface area contributed by atoms with Crippen LogP contribution in [0.3, 0.4) is 0 Å². The Morgan fingerprint density at radius 3 is 2.65 bits per heavy atom. The summed E-state index contributed by atoms with van der Waals surface area (Å²) in [5, 5.41) is 0. The number of aliphatic imine (C=N–C) groups is 1. The van der Waals surface area contributed by atoms with Gasteiger partial charge in [-0.25, -0.2) is 9.98 Å². The average Bonchev–Trinajstić information content (AvgIpc) is 2.93. The van der Waals surface area contributed by atoms with Crippen molar-refractivity contribution in [1.29, 1.82) is 0 Å². The zero-order chi connectivity index (χ0) is 15.9. The predicted molar refractivity (Wildman–Crippen MR) is 92.5 cm³/mol. The van der Waals surface area contributed by atoms with Crippen molar-refractivity contribution in [2.45, 2.75) is 64.0 Å². The molecule has 0 unspecified atom stereocenters. The van der Waals surface area contributed by atoms with E-state index in [-0.39, 0.29) is 0 Å². The van der Waals surface area contributed by atoms with E-state index in [9.17, 15) is 0 Å². The van der Waals surface area contributed by atoms with Crippen molar-refractivity contribution in [3.63, 3.8) is 0 Å². The lowest BCUT2D eigenvalue weighted by Crippen LogP contribution is -2.38. The molecule has 5 heteroatoms. The normalized spacial score (nSPS) is 20.5. The van der Waals surface area contributed by atoms with Crippen LogP contribution in [0, 0.1) is 0 Å². The Morgan fingerprint density at radius 2 is 1.91 bits per heavy atom. The van der Waals surface area contributed by atoms with Crippen molar-refractivity contribution in [1.82, 2.24) is 9.88 Å². The van der Waals surface area contributed by atoms with Crippen LogP contribution in [0.2, 0.25) is 0 Å². The van der Waals surface area contributed by atoms with E-state index in [1.54, 1.807) is 6.20 Å². The second-order valence-corrected chi connectivity index (χ2v) is 6.57. The molecule has 1 saturated carbocycles. The molecule has 126 valence electrons. The van der Waals surface area contributed by atoms with Crippen LogP contribution in [-0.2, 0) is 6.54 Å². The van der Waals surface area contributed by atoms with Gasteiger partial charge in [-0.15, -0.1) is 0 Å². The van der Waals surface area contributed by atoms with Crippen molar-refractivity contribution >= 4 is 5.96 Å². The van der Waals surface area contributed by atoms with Crippen LogP contribution in [0.25, 0.3) is 0 Å². The summed E-state index contributed by atoms with van der Waals surface area (Å²) in [6.45, 7) is 2.58. The molecular formula is C18H28N4O. The highest BCUT2D eigenvalue weighted by Gasteiger charge is 2.18. The average molecular weight is 316 g/mol. The third-order valence-electron chi connectivity index (χ3n) is 4.77. The van der Waals surface area contributed by atoms with E-state index >= 15 is 0 Å². The standard InChI is InChI=1S/C18H28N4O/c19-18(22-12-5-1-2-6-13-22)21-14-15-8-7-11-20-17(15)23-16-9-3-4-10-16/h7-8,11,16H,1-6,9-10,12-14H2,(H2,19,21). The van der Waals surface area contributed by atoms with E-state index in [2.05, 4.69) is 14.9 Å². The van der Waals surface area contributed by atoms with E-state index in [0.29, 0.717) is 18.6 Å². The van der Waals surface area contributed by atoms with Gasteiger partial charge in [-0.2, -0.15) is 0 Å². The molecule has 23 heavy (non-hydrogen) atoms. The van der Waals surface area contributed by atoms with Gasteiger partial charge >= 0.3 is 0 Å². The van der Waals surface area contributed by atoms with Crippen molar-refractivity contribution in [3.05, 3.63) is 23.9 Å². The largest absolute Gasteiger partial charge is 0.474 e. The maximum absolute atomic E-state index is 6.19. The first-order valence-corrected chi connectivity index (χ1v) is 8.98. The number of nitrogens with two attached hydrogens (primary N) is 1. The molecular weight excluding hydrogens is 288 g/mol. The first kappa shape index (κ1) is 16.1. The third-order valence-corrected chi connectivity index (χ3v) is 4.77. The highest BCUT2D eigenvalue weighted by molar-refractivity contribution is 5.78. The highest BCUT2D eigenvalue weighted by atomic mass is 16.5. The molecule has 0 aromatic carbocycles. The molecule has 2 heterocycles. The zero-order valence-electron chi connectivity index (χ0n) is 13.9. The fourth-order valence-corrected chi connectivity index (χ4v) is 3.38. The molecule has 0 spiro atoms. The van der Waals surface area contributed by atoms with Crippen LogP contribution in [0.1, 0.15) is 56.9 Å². The topological polar surface area (TPSA) is 63.7 Å². The second kappa shape index (κ2) is 8.18. The molecule has 0 radical (unpaired) electrons. The molecule has 0 atom stereocenters. The minimum Gasteiger partial charge on any atom is -0.474 e. The fourth-order valence-electron chi connectivity index (χ4n) is 3.38. The van der Waals surface area contributed by atoms with Gasteiger partial charge in [0.1, 0.15) is 6.10 Å². The molecule has 0 bridgehead atoms. The number of hydrogen-bond donors (Lipinski definition) is 1. The summed E-state index contributed by atoms with van der Waals surface area (Å²) in [5.41, 5.74) is 7.22. The lowest BCUT2D eigenvalue weighted by atomic mass is 10.2. The highest BCUT2D eigenvalue weighted by Crippen LogP contribution is 2.25. The maximum Gasteiger partial charge on any atom is 0.218 e. The van der Waals surface area contributed by atoms with Crippen LogP contribution in [0.5, 0.6) is 5.88 Å². The van der Waals surface area contributed by atoms with Gasteiger partial charge in [0, 0.05) is 24.8 Å². The van der Waals surface area contributed by atoms with Gasteiger partial charge in [-0.3, -0.25) is 0 Å².